The van der Waals surface area contributed by atoms with Gasteiger partial charge in [0.05, 0.1) is 0 Å². The van der Waals surface area contributed by atoms with Gasteiger partial charge in [-0.2, -0.15) is 0 Å². The van der Waals surface area contributed by atoms with Crippen LogP contribution in [-0.2, 0) is 11.2 Å². The van der Waals surface area contributed by atoms with Gasteiger partial charge in [0.25, 0.3) is 5.91 Å². The van der Waals surface area contributed by atoms with Gasteiger partial charge in [-0.15, -0.1) is 0 Å². The van der Waals surface area contributed by atoms with Crippen molar-refractivity contribution in [1.82, 2.24) is 20.1 Å². The number of imide groups is 1. The molecular weight excluding hydrogens is 316 g/mol. The normalized spacial score (nSPS) is 20.1. The first-order valence-electron chi connectivity index (χ1n) is 9.28. The number of amides is 3. The van der Waals surface area contributed by atoms with E-state index in [4.69, 9.17) is 0 Å². The first-order valence-corrected chi connectivity index (χ1v) is 9.28. The van der Waals surface area contributed by atoms with Crippen molar-refractivity contribution >= 4 is 11.9 Å². The highest BCUT2D eigenvalue weighted by atomic mass is 16.2. The molecule has 0 atom stereocenters. The number of nitrogens with zero attached hydrogens (tertiary/aromatic N) is 3. The van der Waals surface area contributed by atoms with Crippen LogP contribution in [0.25, 0.3) is 0 Å². The Labute approximate surface area is 149 Å². The number of nitrogens with one attached hydrogen (secondary N) is 1. The minimum Gasteiger partial charge on any atom is -0.317 e. The number of urea groups is 1. The van der Waals surface area contributed by atoms with Gasteiger partial charge in [-0.1, -0.05) is 19.9 Å². The van der Waals surface area contributed by atoms with Gasteiger partial charge in [0.1, 0.15) is 5.54 Å². The van der Waals surface area contributed by atoms with Crippen LogP contribution in [0.1, 0.15) is 38.7 Å². The number of hydrogen-bond donors (Lipinski definition) is 1. The Balaban J connectivity index is 1.71. The highest BCUT2D eigenvalue weighted by Crippen LogP contribution is 2.36. The average Bonchev–Trinajstić information content (AvgIpc) is 2.79. The fraction of sp³-hybridized carbons (Fsp3) is 0.632. The number of piperidine rings is 1. The average molecular weight is 344 g/mol. The van der Waals surface area contributed by atoms with E-state index in [1.807, 2.05) is 23.2 Å². The lowest BCUT2D eigenvalue weighted by atomic mass is 9.86. The molecule has 6 nitrogen and oxygen atoms in total. The summed E-state index contributed by atoms with van der Waals surface area (Å²) in [5, 5.41) is 3.31. The Morgan fingerprint density at radius 2 is 2.04 bits per heavy atom. The third kappa shape index (κ3) is 3.54. The van der Waals surface area contributed by atoms with Gasteiger partial charge >= 0.3 is 6.03 Å². The first kappa shape index (κ1) is 17.9. The molecule has 1 aromatic heterocycles. The van der Waals surface area contributed by atoms with E-state index in [0.29, 0.717) is 31.8 Å². The molecule has 3 heterocycles. The van der Waals surface area contributed by atoms with Gasteiger partial charge in [-0.3, -0.25) is 14.7 Å². The van der Waals surface area contributed by atoms with Crippen LogP contribution in [0.4, 0.5) is 4.79 Å². The molecule has 2 aliphatic heterocycles. The molecule has 2 aliphatic rings. The van der Waals surface area contributed by atoms with Crippen LogP contribution in [0.3, 0.4) is 0 Å². The lowest BCUT2D eigenvalue weighted by Gasteiger charge is -2.39. The second-order valence-electron chi connectivity index (χ2n) is 7.49. The summed E-state index contributed by atoms with van der Waals surface area (Å²) in [5.41, 5.74) is 0.512. The van der Waals surface area contributed by atoms with E-state index in [1.165, 1.54) is 4.90 Å². The lowest BCUT2D eigenvalue weighted by molar-refractivity contribution is -0.134. The maximum atomic E-state index is 13.2. The molecule has 0 radical (unpaired) electrons. The number of carbonyl (C=O) groups excluding carboxylic acids is 2. The molecule has 1 aromatic rings. The minimum atomic E-state index is -0.624. The predicted molar refractivity (Wildman–Crippen MR) is 96.0 cm³/mol. The number of aromatic nitrogens is 1. The summed E-state index contributed by atoms with van der Waals surface area (Å²) < 4.78 is 0. The van der Waals surface area contributed by atoms with Gasteiger partial charge in [0.15, 0.2) is 0 Å². The molecule has 0 aliphatic carbocycles. The number of aryl methyl sites for hydroxylation is 1. The van der Waals surface area contributed by atoms with E-state index >= 15 is 0 Å². The molecule has 2 fully saturated rings. The van der Waals surface area contributed by atoms with Crippen LogP contribution in [0.5, 0.6) is 0 Å². The van der Waals surface area contributed by atoms with Crippen molar-refractivity contribution in [3.8, 4) is 0 Å². The summed E-state index contributed by atoms with van der Waals surface area (Å²) in [4.78, 5) is 33.6. The van der Waals surface area contributed by atoms with E-state index in [0.717, 1.165) is 31.5 Å². The Morgan fingerprint density at radius 1 is 1.28 bits per heavy atom. The molecule has 1 spiro atoms. The molecule has 0 aromatic carbocycles. The van der Waals surface area contributed by atoms with E-state index in [1.54, 1.807) is 6.20 Å². The molecular formula is C19H28N4O2. The third-order valence-electron chi connectivity index (χ3n) is 5.17. The van der Waals surface area contributed by atoms with Gasteiger partial charge in [0, 0.05) is 25.5 Å². The maximum Gasteiger partial charge on any atom is 0.327 e. The Morgan fingerprint density at radius 3 is 2.68 bits per heavy atom. The third-order valence-corrected chi connectivity index (χ3v) is 5.17. The van der Waals surface area contributed by atoms with Crippen molar-refractivity contribution in [1.29, 1.82) is 0 Å². The van der Waals surface area contributed by atoms with Crippen LogP contribution < -0.4 is 5.32 Å². The molecule has 3 amide bonds. The van der Waals surface area contributed by atoms with Crippen LogP contribution in [-0.4, -0.2) is 58.4 Å². The fourth-order valence-corrected chi connectivity index (χ4v) is 3.91. The van der Waals surface area contributed by atoms with E-state index in [9.17, 15) is 9.59 Å². The summed E-state index contributed by atoms with van der Waals surface area (Å²) in [6, 6.07) is 3.84. The zero-order valence-electron chi connectivity index (χ0n) is 15.2. The number of pyridine rings is 1. The van der Waals surface area contributed by atoms with Crippen molar-refractivity contribution in [2.24, 2.45) is 5.92 Å². The summed E-state index contributed by atoms with van der Waals surface area (Å²) in [7, 11) is 0. The Bertz CT molecular complexity index is 611. The van der Waals surface area contributed by atoms with Gasteiger partial charge in [-0.05, 0) is 56.3 Å². The van der Waals surface area contributed by atoms with Crippen molar-refractivity contribution in [2.75, 3.05) is 26.2 Å². The highest BCUT2D eigenvalue weighted by molar-refractivity contribution is 6.07. The van der Waals surface area contributed by atoms with Crippen LogP contribution in [0.15, 0.2) is 24.5 Å². The molecule has 1 N–H and O–H groups in total. The van der Waals surface area contributed by atoms with Crippen LogP contribution in [0, 0.1) is 5.92 Å². The molecule has 6 heteroatoms. The van der Waals surface area contributed by atoms with Gasteiger partial charge in [-0.25, -0.2) is 4.79 Å². The summed E-state index contributed by atoms with van der Waals surface area (Å²) >= 11 is 0. The highest BCUT2D eigenvalue weighted by Gasteiger charge is 2.56. The molecule has 3 rings (SSSR count). The summed E-state index contributed by atoms with van der Waals surface area (Å²) in [6.07, 6.45) is 6.61. The molecule has 25 heavy (non-hydrogen) atoms. The smallest absolute Gasteiger partial charge is 0.317 e. The Hall–Kier alpha value is -1.95. The number of carbonyl (C=O) groups is 2. The Kier molecular flexibility index (Phi) is 5.37. The fourth-order valence-electron chi connectivity index (χ4n) is 3.91. The van der Waals surface area contributed by atoms with E-state index < -0.39 is 5.54 Å². The van der Waals surface area contributed by atoms with Crippen molar-refractivity contribution in [3.63, 3.8) is 0 Å². The molecule has 136 valence electrons. The summed E-state index contributed by atoms with van der Waals surface area (Å²) in [6.45, 7) is 6.89. The largest absolute Gasteiger partial charge is 0.327 e. The van der Waals surface area contributed by atoms with Crippen molar-refractivity contribution in [2.45, 2.75) is 45.1 Å². The second kappa shape index (κ2) is 7.52. The molecule has 0 unspecified atom stereocenters. The molecule has 2 saturated heterocycles. The second-order valence-corrected chi connectivity index (χ2v) is 7.49. The molecule has 0 saturated carbocycles. The first-order chi connectivity index (χ1) is 12.0. The topological polar surface area (TPSA) is 65.5 Å². The van der Waals surface area contributed by atoms with Gasteiger partial charge < -0.3 is 10.2 Å². The van der Waals surface area contributed by atoms with Crippen LogP contribution in [0.2, 0.25) is 0 Å². The SMILES string of the molecule is CC(C)CN1C(=O)N(CCCc2cccnc2)C(=O)C12CCNCC2. The maximum absolute atomic E-state index is 13.2. The van der Waals surface area contributed by atoms with Gasteiger partial charge in [0.2, 0.25) is 0 Å². The minimum absolute atomic E-state index is 0.00540. The number of rotatable bonds is 6. The lowest BCUT2D eigenvalue weighted by Crippen LogP contribution is -2.56. The molecule has 0 bridgehead atoms. The number of hydrogen-bond acceptors (Lipinski definition) is 4. The van der Waals surface area contributed by atoms with E-state index in [-0.39, 0.29) is 11.9 Å². The standard InChI is InChI=1S/C19H28N4O2/c1-15(2)14-23-18(25)22(12-4-6-16-5-3-9-21-13-16)17(24)19(23)7-10-20-11-8-19/h3,5,9,13,15,20H,4,6-8,10-12,14H2,1-2H3. The van der Waals surface area contributed by atoms with E-state index in [2.05, 4.69) is 24.1 Å². The van der Waals surface area contributed by atoms with Crippen molar-refractivity contribution in [3.05, 3.63) is 30.1 Å². The van der Waals surface area contributed by atoms with Crippen molar-refractivity contribution < 1.29 is 9.59 Å². The monoisotopic (exact) mass is 344 g/mol. The zero-order chi connectivity index (χ0) is 17.9. The quantitative estimate of drug-likeness (QED) is 0.802. The predicted octanol–water partition coefficient (Wildman–Crippen LogP) is 2.06. The summed E-state index contributed by atoms with van der Waals surface area (Å²) in [5.74, 6) is 0.352. The zero-order valence-corrected chi connectivity index (χ0v) is 15.2. The van der Waals surface area contributed by atoms with Crippen LogP contribution >= 0.6 is 0 Å².